The average Bonchev–Trinajstić information content (AvgIpc) is 2.32. The summed E-state index contributed by atoms with van der Waals surface area (Å²) >= 11 is 0. The zero-order valence-electron chi connectivity index (χ0n) is 13.1. The molecule has 0 rings (SSSR count). The molecule has 2 atom stereocenters. The highest BCUT2D eigenvalue weighted by Crippen LogP contribution is 2.38. The molecule has 1 N–H and O–H groups in total. The lowest BCUT2D eigenvalue weighted by atomic mass is 9.69. The summed E-state index contributed by atoms with van der Waals surface area (Å²) in [6.45, 7) is 16.4. The van der Waals surface area contributed by atoms with Crippen LogP contribution in [0.5, 0.6) is 0 Å². The molecule has 0 aliphatic heterocycles. The van der Waals surface area contributed by atoms with E-state index in [1.165, 1.54) is 38.6 Å². The molecule has 17 heavy (non-hydrogen) atoms. The number of rotatable bonds is 10. The van der Waals surface area contributed by atoms with Gasteiger partial charge in [-0.25, -0.2) is 0 Å². The Kier molecular flexibility index (Phi) is 8.94. The molecule has 0 aliphatic rings. The fourth-order valence-electron chi connectivity index (χ4n) is 2.73. The van der Waals surface area contributed by atoms with Crippen LogP contribution in [0.25, 0.3) is 0 Å². The summed E-state index contributed by atoms with van der Waals surface area (Å²) in [6, 6.07) is 0. The minimum absolute atomic E-state index is 0.527. The number of hydrogen-bond donors (Lipinski definition) is 1. The Morgan fingerprint density at radius 3 is 2.12 bits per heavy atom. The average molecular weight is 241 g/mol. The smallest absolute Gasteiger partial charge is 0.00104 e. The molecule has 0 bridgehead atoms. The Bertz CT molecular complexity index is 176. The van der Waals surface area contributed by atoms with Gasteiger partial charge in [-0.05, 0) is 36.6 Å². The van der Waals surface area contributed by atoms with Crippen molar-refractivity contribution >= 4 is 0 Å². The van der Waals surface area contributed by atoms with Crippen LogP contribution in [0.15, 0.2) is 0 Å². The van der Waals surface area contributed by atoms with Crippen LogP contribution in [0, 0.1) is 17.3 Å². The van der Waals surface area contributed by atoms with Crippen LogP contribution in [-0.4, -0.2) is 13.1 Å². The lowest BCUT2D eigenvalue weighted by Gasteiger charge is -2.39. The Morgan fingerprint density at radius 1 is 1.06 bits per heavy atom. The van der Waals surface area contributed by atoms with Crippen molar-refractivity contribution in [2.24, 2.45) is 17.3 Å². The zero-order chi connectivity index (χ0) is 13.3. The molecule has 1 heteroatoms. The van der Waals surface area contributed by atoms with Gasteiger partial charge in [-0.3, -0.25) is 0 Å². The van der Waals surface area contributed by atoms with Crippen molar-refractivity contribution < 1.29 is 0 Å². The van der Waals surface area contributed by atoms with E-state index in [0.29, 0.717) is 5.41 Å². The van der Waals surface area contributed by atoms with E-state index < -0.39 is 0 Å². The van der Waals surface area contributed by atoms with Gasteiger partial charge in [0.05, 0.1) is 0 Å². The molecular formula is C16H35N. The molecule has 104 valence electrons. The lowest BCUT2D eigenvalue weighted by Crippen LogP contribution is -2.40. The largest absolute Gasteiger partial charge is 0.316 e. The van der Waals surface area contributed by atoms with Gasteiger partial charge in [0.15, 0.2) is 0 Å². The second kappa shape index (κ2) is 8.97. The molecule has 0 saturated carbocycles. The van der Waals surface area contributed by atoms with Crippen molar-refractivity contribution in [2.45, 2.75) is 73.6 Å². The third-order valence-electron chi connectivity index (χ3n) is 4.42. The van der Waals surface area contributed by atoms with Crippen LogP contribution in [0.4, 0.5) is 0 Å². The van der Waals surface area contributed by atoms with Gasteiger partial charge in [0.25, 0.3) is 0 Å². The summed E-state index contributed by atoms with van der Waals surface area (Å²) in [5.41, 5.74) is 0.527. The van der Waals surface area contributed by atoms with E-state index in [-0.39, 0.29) is 0 Å². The van der Waals surface area contributed by atoms with Crippen LogP contribution in [0.3, 0.4) is 0 Å². The quantitative estimate of drug-likeness (QED) is 0.575. The van der Waals surface area contributed by atoms with Crippen molar-refractivity contribution in [1.82, 2.24) is 5.32 Å². The monoisotopic (exact) mass is 241 g/mol. The third-order valence-corrected chi connectivity index (χ3v) is 4.42. The van der Waals surface area contributed by atoms with Crippen molar-refractivity contribution in [2.75, 3.05) is 13.1 Å². The van der Waals surface area contributed by atoms with E-state index in [0.717, 1.165) is 18.4 Å². The third kappa shape index (κ3) is 5.90. The second-order valence-electron chi connectivity index (χ2n) is 6.15. The molecule has 0 heterocycles. The zero-order valence-corrected chi connectivity index (χ0v) is 13.1. The Morgan fingerprint density at radius 2 is 1.71 bits per heavy atom. The Hall–Kier alpha value is -0.0400. The molecule has 0 radical (unpaired) electrons. The molecule has 0 spiro atoms. The molecular weight excluding hydrogens is 206 g/mol. The highest BCUT2D eigenvalue weighted by molar-refractivity contribution is 4.85. The summed E-state index contributed by atoms with van der Waals surface area (Å²) in [6.07, 6.45) is 6.71. The molecule has 0 aromatic rings. The highest BCUT2D eigenvalue weighted by Gasteiger charge is 2.32. The molecule has 0 saturated heterocycles. The standard InChI is InChI=1S/C16H35N/c1-7-10-11-16(9-3,15(6)8-2)13-17-12-14(4)5/h14-15,17H,7-13H2,1-6H3. The van der Waals surface area contributed by atoms with E-state index in [1.54, 1.807) is 0 Å². The number of nitrogens with one attached hydrogen (secondary N) is 1. The van der Waals surface area contributed by atoms with Gasteiger partial charge in [-0.1, -0.05) is 60.8 Å². The summed E-state index contributed by atoms with van der Waals surface area (Å²) in [4.78, 5) is 0. The first kappa shape index (κ1) is 17.0. The van der Waals surface area contributed by atoms with E-state index in [9.17, 15) is 0 Å². The first-order chi connectivity index (χ1) is 8.02. The van der Waals surface area contributed by atoms with Gasteiger partial charge in [-0.15, -0.1) is 0 Å². The van der Waals surface area contributed by atoms with Crippen LogP contribution in [0.2, 0.25) is 0 Å². The molecule has 0 amide bonds. The fourth-order valence-corrected chi connectivity index (χ4v) is 2.73. The minimum Gasteiger partial charge on any atom is -0.316 e. The summed E-state index contributed by atoms with van der Waals surface area (Å²) in [5, 5.41) is 3.70. The predicted octanol–water partition coefficient (Wildman–Crippen LogP) is 4.86. The number of unbranched alkanes of at least 4 members (excludes halogenated alkanes) is 1. The minimum atomic E-state index is 0.527. The molecule has 0 fully saturated rings. The Balaban J connectivity index is 4.44. The first-order valence-corrected chi connectivity index (χ1v) is 7.73. The van der Waals surface area contributed by atoms with Gasteiger partial charge < -0.3 is 5.32 Å². The SMILES string of the molecule is CCCCC(CC)(CNCC(C)C)C(C)CC. The fraction of sp³-hybridized carbons (Fsp3) is 1.00. The van der Waals surface area contributed by atoms with Gasteiger partial charge >= 0.3 is 0 Å². The lowest BCUT2D eigenvalue weighted by molar-refractivity contribution is 0.134. The molecule has 2 unspecified atom stereocenters. The maximum Gasteiger partial charge on any atom is 0.00104 e. The summed E-state index contributed by atoms with van der Waals surface area (Å²) < 4.78 is 0. The highest BCUT2D eigenvalue weighted by atomic mass is 14.9. The normalized spacial score (nSPS) is 17.1. The molecule has 0 aliphatic carbocycles. The summed E-state index contributed by atoms with van der Waals surface area (Å²) in [5.74, 6) is 1.59. The van der Waals surface area contributed by atoms with Crippen molar-refractivity contribution in [3.63, 3.8) is 0 Å². The summed E-state index contributed by atoms with van der Waals surface area (Å²) in [7, 11) is 0. The van der Waals surface area contributed by atoms with Crippen molar-refractivity contribution in [1.29, 1.82) is 0 Å². The van der Waals surface area contributed by atoms with Gasteiger partial charge in [0.1, 0.15) is 0 Å². The Labute approximate surface area is 110 Å². The van der Waals surface area contributed by atoms with Crippen LogP contribution in [-0.2, 0) is 0 Å². The second-order valence-corrected chi connectivity index (χ2v) is 6.15. The van der Waals surface area contributed by atoms with Crippen LogP contribution >= 0.6 is 0 Å². The van der Waals surface area contributed by atoms with E-state index in [1.807, 2.05) is 0 Å². The van der Waals surface area contributed by atoms with Gasteiger partial charge in [0, 0.05) is 6.54 Å². The molecule has 0 aromatic heterocycles. The van der Waals surface area contributed by atoms with Crippen LogP contribution in [0.1, 0.15) is 73.6 Å². The van der Waals surface area contributed by atoms with Crippen molar-refractivity contribution in [3.05, 3.63) is 0 Å². The molecule has 1 nitrogen and oxygen atoms in total. The maximum atomic E-state index is 3.70. The van der Waals surface area contributed by atoms with E-state index >= 15 is 0 Å². The topological polar surface area (TPSA) is 12.0 Å². The predicted molar refractivity (Wildman–Crippen MR) is 79.4 cm³/mol. The van der Waals surface area contributed by atoms with Crippen LogP contribution < -0.4 is 5.32 Å². The first-order valence-electron chi connectivity index (χ1n) is 7.73. The van der Waals surface area contributed by atoms with Crippen molar-refractivity contribution in [3.8, 4) is 0 Å². The number of hydrogen-bond acceptors (Lipinski definition) is 1. The van der Waals surface area contributed by atoms with E-state index in [4.69, 9.17) is 0 Å². The van der Waals surface area contributed by atoms with Gasteiger partial charge in [0.2, 0.25) is 0 Å². The van der Waals surface area contributed by atoms with Gasteiger partial charge in [-0.2, -0.15) is 0 Å². The maximum absolute atomic E-state index is 3.70. The van der Waals surface area contributed by atoms with E-state index in [2.05, 4.69) is 46.9 Å². The molecule has 0 aromatic carbocycles.